The summed E-state index contributed by atoms with van der Waals surface area (Å²) in [4.78, 5) is 2.56. The van der Waals surface area contributed by atoms with Gasteiger partial charge in [0.25, 0.3) is 0 Å². The van der Waals surface area contributed by atoms with Gasteiger partial charge in [0, 0.05) is 11.1 Å². The zero-order valence-electron chi connectivity index (χ0n) is 10.9. The molecule has 0 amide bonds. The molecule has 1 atom stereocenters. The molecule has 2 rings (SSSR count). The van der Waals surface area contributed by atoms with E-state index in [1.54, 1.807) is 0 Å². The van der Waals surface area contributed by atoms with Crippen LogP contribution in [0.2, 0.25) is 5.02 Å². The van der Waals surface area contributed by atoms with E-state index in [4.69, 9.17) is 11.6 Å². The average molecular weight is 289 g/mol. The molecule has 102 valence electrons. The van der Waals surface area contributed by atoms with Gasteiger partial charge in [0.1, 0.15) is 0 Å². The summed E-state index contributed by atoms with van der Waals surface area (Å²) >= 11 is 5.91. The first-order valence-corrected chi connectivity index (χ1v) is 6.82. The molecule has 18 heavy (non-hydrogen) atoms. The van der Waals surface area contributed by atoms with Gasteiger partial charge in [-0.1, -0.05) is 23.7 Å². The molecule has 1 saturated heterocycles. The van der Waals surface area contributed by atoms with Gasteiger partial charge in [-0.2, -0.15) is 0 Å². The van der Waals surface area contributed by atoms with Crippen molar-refractivity contribution in [2.45, 2.75) is 25.3 Å². The first-order valence-electron chi connectivity index (χ1n) is 6.44. The molecule has 1 heterocycles. The molecular formula is C14H22Cl2N2. The molecule has 0 aliphatic carbocycles. The van der Waals surface area contributed by atoms with Crippen LogP contribution in [0.3, 0.4) is 0 Å². The predicted molar refractivity (Wildman–Crippen MR) is 80.8 cm³/mol. The molecule has 1 aromatic carbocycles. The van der Waals surface area contributed by atoms with E-state index in [1.807, 2.05) is 19.2 Å². The lowest BCUT2D eigenvalue weighted by Gasteiger charge is -2.21. The Bertz CT molecular complexity index is 334. The van der Waals surface area contributed by atoms with E-state index in [2.05, 4.69) is 22.3 Å². The van der Waals surface area contributed by atoms with Gasteiger partial charge in [-0.3, -0.25) is 0 Å². The quantitative estimate of drug-likeness (QED) is 0.892. The fourth-order valence-electron chi connectivity index (χ4n) is 2.49. The van der Waals surface area contributed by atoms with E-state index in [0.29, 0.717) is 6.04 Å². The van der Waals surface area contributed by atoms with Crippen molar-refractivity contribution < 1.29 is 0 Å². The monoisotopic (exact) mass is 288 g/mol. The number of halogens is 2. The molecule has 1 aliphatic heterocycles. The van der Waals surface area contributed by atoms with Gasteiger partial charge in [0.15, 0.2) is 0 Å². The van der Waals surface area contributed by atoms with Crippen LogP contribution >= 0.6 is 24.0 Å². The molecule has 1 unspecified atom stereocenters. The standard InChI is InChI=1S/C14H21ClN2.ClH/c1-16-14(8-11-17-9-2-3-10-17)12-4-6-13(15)7-5-12;/h4-7,14,16H,2-3,8-11H2,1H3;1H. The number of nitrogens with zero attached hydrogens (tertiary/aromatic N) is 1. The third-order valence-electron chi connectivity index (χ3n) is 3.55. The maximum Gasteiger partial charge on any atom is 0.0406 e. The molecule has 0 radical (unpaired) electrons. The van der Waals surface area contributed by atoms with Gasteiger partial charge in [0.05, 0.1) is 0 Å². The van der Waals surface area contributed by atoms with Gasteiger partial charge < -0.3 is 10.2 Å². The van der Waals surface area contributed by atoms with Gasteiger partial charge in [-0.05, 0) is 63.6 Å². The number of rotatable bonds is 5. The lowest BCUT2D eigenvalue weighted by atomic mass is 10.0. The van der Waals surface area contributed by atoms with E-state index in [0.717, 1.165) is 11.4 Å². The maximum atomic E-state index is 5.91. The van der Waals surface area contributed by atoms with Crippen LogP contribution in [0.15, 0.2) is 24.3 Å². The van der Waals surface area contributed by atoms with Crippen LogP contribution in [-0.2, 0) is 0 Å². The third-order valence-corrected chi connectivity index (χ3v) is 3.81. The summed E-state index contributed by atoms with van der Waals surface area (Å²) in [5.74, 6) is 0. The van der Waals surface area contributed by atoms with Crippen molar-refractivity contribution >= 4 is 24.0 Å². The van der Waals surface area contributed by atoms with Crippen molar-refractivity contribution in [3.05, 3.63) is 34.9 Å². The number of hydrogen-bond acceptors (Lipinski definition) is 2. The molecule has 2 nitrogen and oxygen atoms in total. The smallest absolute Gasteiger partial charge is 0.0406 e. The Balaban J connectivity index is 0.00000162. The molecule has 1 N–H and O–H groups in total. The summed E-state index contributed by atoms with van der Waals surface area (Å²) < 4.78 is 0. The van der Waals surface area contributed by atoms with Gasteiger partial charge in [-0.15, -0.1) is 12.4 Å². The highest BCUT2D eigenvalue weighted by Crippen LogP contribution is 2.20. The molecule has 0 aromatic heterocycles. The minimum Gasteiger partial charge on any atom is -0.313 e. The zero-order chi connectivity index (χ0) is 12.1. The average Bonchev–Trinajstić information content (AvgIpc) is 2.85. The molecule has 0 bridgehead atoms. The Morgan fingerprint density at radius 1 is 1.22 bits per heavy atom. The minimum absolute atomic E-state index is 0. The van der Waals surface area contributed by atoms with Crippen molar-refractivity contribution in [1.82, 2.24) is 10.2 Å². The Kier molecular flexibility index (Phi) is 7.02. The topological polar surface area (TPSA) is 15.3 Å². The van der Waals surface area contributed by atoms with Crippen LogP contribution in [0.25, 0.3) is 0 Å². The molecule has 1 aliphatic rings. The highest BCUT2D eigenvalue weighted by Gasteiger charge is 2.14. The summed E-state index contributed by atoms with van der Waals surface area (Å²) in [6.45, 7) is 3.74. The van der Waals surface area contributed by atoms with Crippen molar-refractivity contribution in [2.75, 3.05) is 26.7 Å². The highest BCUT2D eigenvalue weighted by molar-refractivity contribution is 6.30. The fourth-order valence-corrected chi connectivity index (χ4v) is 2.62. The largest absolute Gasteiger partial charge is 0.313 e. The van der Waals surface area contributed by atoms with Crippen LogP contribution in [-0.4, -0.2) is 31.6 Å². The second-order valence-electron chi connectivity index (χ2n) is 4.73. The van der Waals surface area contributed by atoms with Crippen LogP contribution in [0, 0.1) is 0 Å². The van der Waals surface area contributed by atoms with E-state index >= 15 is 0 Å². The molecule has 0 spiro atoms. The van der Waals surface area contributed by atoms with E-state index in [-0.39, 0.29) is 12.4 Å². The fraction of sp³-hybridized carbons (Fsp3) is 0.571. The third kappa shape index (κ3) is 4.43. The van der Waals surface area contributed by atoms with Crippen LogP contribution in [0.1, 0.15) is 30.9 Å². The summed E-state index contributed by atoms with van der Waals surface area (Å²) in [6.07, 6.45) is 3.90. The molecule has 1 fully saturated rings. The predicted octanol–water partition coefficient (Wildman–Crippen LogP) is 3.51. The van der Waals surface area contributed by atoms with E-state index < -0.39 is 0 Å². The zero-order valence-corrected chi connectivity index (χ0v) is 12.4. The van der Waals surface area contributed by atoms with Crippen LogP contribution in [0.4, 0.5) is 0 Å². The van der Waals surface area contributed by atoms with Gasteiger partial charge in [-0.25, -0.2) is 0 Å². The molecule has 0 saturated carbocycles. The first kappa shape index (κ1) is 15.8. The van der Waals surface area contributed by atoms with Crippen molar-refractivity contribution in [2.24, 2.45) is 0 Å². The molecule has 1 aromatic rings. The second-order valence-corrected chi connectivity index (χ2v) is 5.17. The number of benzene rings is 1. The highest BCUT2D eigenvalue weighted by atomic mass is 35.5. The lowest BCUT2D eigenvalue weighted by molar-refractivity contribution is 0.314. The lowest BCUT2D eigenvalue weighted by Crippen LogP contribution is -2.26. The summed E-state index contributed by atoms with van der Waals surface area (Å²) in [6, 6.07) is 8.61. The van der Waals surface area contributed by atoms with Crippen molar-refractivity contribution in [1.29, 1.82) is 0 Å². The van der Waals surface area contributed by atoms with Gasteiger partial charge >= 0.3 is 0 Å². The van der Waals surface area contributed by atoms with E-state index in [9.17, 15) is 0 Å². The summed E-state index contributed by atoms with van der Waals surface area (Å²) in [5, 5.41) is 4.20. The van der Waals surface area contributed by atoms with E-state index in [1.165, 1.54) is 38.0 Å². The van der Waals surface area contributed by atoms with Crippen LogP contribution < -0.4 is 5.32 Å². The number of nitrogens with one attached hydrogen (secondary N) is 1. The number of likely N-dealkylation sites (tertiary alicyclic amines) is 1. The normalized spacial score (nSPS) is 17.4. The van der Waals surface area contributed by atoms with Gasteiger partial charge in [0.2, 0.25) is 0 Å². The Morgan fingerprint density at radius 3 is 2.39 bits per heavy atom. The van der Waals surface area contributed by atoms with Crippen molar-refractivity contribution in [3.63, 3.8) is 0 Å². The second kappa shape index (κ2) is 8.00. The molecule has 4 heteroatoms. The first-order chi connectivity index (χ1) is 8.29. The maximum absolute atomic E-state index is 5.91. The Hall–Kier alpha value is -0.280. The minimum atomic E-state index is 0. The molecular weight excluding hydrogens is 267 g/mol. The Labute approximate surface area is 121 Å². The Morgan fingerprint density at radius 2 is 1.83 bits per heavy atom. The summed E-state index contributed by atoms with van der Waals surface area (Å²) in [5.41, 5.74) is 1.33. The van der Waals surface area contributed by atoms with Crippen LogP contribution in [0.5, 0.6) is 0 Å². The SMILES string of the molecule is CNC(CCN1CCCC1)c1ccc(Cl)cc1.Cl. The summed E-state index contributed by atoms with van der Waals surface area (Å²) in [7, 11) is 2.03. The number of hydrogen-bond donors (Lipinski definition) is 1. The van der Waals surface area contributed by atoms with Crippen molar-refractivity contribution in [3.8, 4) is 0 Å².